The number of amides is 1. The van der Waals surface area contributed by atoms with E-state index < -0.39 is 5.60 Å². The van der Waals surface area contributed by atoms with Crippen molar-refractivity contribution in [2.75, 3.05) is 19.7 Å². The number of aromatic nitrogens is 1. The normalized spacial score (nSPS) is 18.4. The van der Waals surface area contributed by atoms with Gasteiger partial charge >= 0.3 is 6.09 Å². The van der Waals surface area contributed by atoms with Gasteiger partial charge in [-0.1, -0.05) is 0 Å². The molecule has 6 nitrogen and oxygen atoms in total. The topological polar surface area (TPSA) is 77.7 Å². The van der Waals surface area contributed by atoms with Gasteiger partial charge in [-0.3, -0.25) is 4.98 Å². The fourth-order valence-corrected chi connectivity index (χ4v) is 2.38. The van der Waals surface area contributed by atoms with E-state index in [1.165, 1.54) is 0 Å². The second-order valence-electron chi connectivity index (χ2n) is 6.58. The van der Waals surface area contributed by atoms with Crippen molar-refractivity contribution < 1.29 is 14.3 Å². The summed E-state index contributed by atoms with van der Waals surface area (Å²) >= 11 is 0. The fourth-order valence-electron chi connectivity index (χ4n) is 2.38. The van der Waals surface area contributed by atoms with Gasteiger partial charge in [0.1, 0.15) is 11.4 Å². The van der Waals surface area contributed by atoms with Gasteiger partial charge in [-0.25, -0.2) is 4.79 Å². The number of hydrogen-bond acceptors (Lipinski definition) is 5. The molecule has 122 valence electrons. The van der Waals surface area contributed by atoms with E-state index in [4.69, 9.17) is 15.2 Å². The molecular formula is C16H25N3O3. The Hall–Kier alpha value is -1.82. The number of ether oxygens (including phenoxy) is 2. The quantitative estimate of drug-likeness (QED) is 0.922. The zero-order valence-electron chi connectivity index (χ0n) is 13.5. The molecule has 0 radical (unpaired) electrons. The molecule has 0 spiro atoms. The van der Waals surface area contributed by atoms with Crippen molar-refractivity contribution in [2.45, 2.75) is 39.3 Å². The Balaban J connectivity index is 1.83. The highest BCUT2D eigenvalue weighted by Crippen LogP contribution is 2.22. The molecule has 0 unspecified atom stereocenters. The van der Waals surface area contributed by atoms with Crippen molar-refractivity contribution in [1.29, 1.82) is 0 Å². The van der Waals surface area contributed by atoms with Crippen molar-refractivity contribution in [2.24, 2.45) is 11.7 Å². The summed E-state index contributed by atoms with van der Waals surface area (Å²) in [7, 11) is 0. The van der Waals surface area contributed by atoms with E-state index in [1.54, 1.807) is 17.3 Å². The van der Waals surface area contributed by atoms with E-state index >= 15 is 0 Å². The van der Waals surface area contributed by atoms with Crippen LogP contribution in [0.4, 0.5) is 4.79 Å². The Morgan fingerprint density at radius 2 is 2.27 bits per heavy atom. The van der Waals surface area contributed by atoms with Gasteiger partial charge < -0.3 is 20.1 Å². The molecule has 2 rings (SSSR count). The van der Waals surface area contributed by atoms with Crippen LogP contribution in [0, 0.1) is 5.92 Å². The van der Waals surface area contributed by atoms with Gasteiger partial charge in [0, 0.05) is 37.3 Å². The molecular weight excluding hydrogens is 282 g/mol. The van der Waals surface area contributed by atoms with Crippen LogP contribution in [0.1, 0.15) is 32.8 Å². The summed E-state index contributed by atoms with van der Waals surface area (Å²) in [5.41, 5.74) is 6.16. The first-order chi connectivity index (χ1) is 10.4. The average Bonchev–Trinajstić information content (AvgIpc) is 2.92. The first-order valence-electron chi connectivity index (χ1n) is 7.62. The Kier molecular flexibility index (Phi) is 5.24. The molecule has 1 aliphatic rings. The molecule has 1 atom stereocenters. The summed E-state index contributed by atoms with van der Waals surface area (Å²) < 4.78 is 11.2. The molecule has 2 N–H and O–H groups in total. The van der Waals surface area contributed by atoms with Crippen LogP contribution in [0.2, 0.25) is 0 Å². The van der Waals surface area contributed by atoms with Gasteiger partial charge in [0.25, 0.3) is 0 Å². The monoisotopic (exact) mass is 307 g/mol. The third-order valence-corrected chi connectivity index (χ3v) is 3.50. The lowest BCUT2D eigenvalue weighted by Crippen LogP contribution is -2.35. The summed E-state index contributed by atoms with van der Waals surface area (Å²) in [5, 5.41) is 0. The third-order valence-electron chi connectivity index (χ3n) is 3.50. The Morgan fingerprint density at radius 3 is 2.95 bits per heavy atom. The molecule has 6 heteroatoms. The highest BCUT2D eigenvalue weighted by atomic mass is 16.6. The molecule has 0 bridgehead atoms. The van der Waals surface area contributed by atoms with E-state index in [2.05, 4.69) is 4.98 Å². The Morgan fingerprint density at radius 1 is 1.50 bits per heavy atom. The number of pyridine rings is 1. The minimum absolute atomic E-state index is 0.251. The average molecular weight is 307 g/mol. The maximum Gasteiger partial charge on any atom is 0.410 e. The molecule has 22 heavy (non-hydrogen) atoms. The molecule has 1 aromatic heterocycles. The highest BCUT2D eigenvalue weighted by Gasteiger charge is 2.30. The standard InChI is InChI=1S/C16H25N3O3/c1-16(2,3)22-15(20)19-7-5-12(10-19)11-21-14-9-18-6-4-13(14)8-17/h4,6,9,12H,5,7-8,10-11,17H2,1-3H3/t12-/m1/s1. The summed E-state index contributed by atoms with van der Waals surface area (Å²) in [6.45, 7) is 7.96. The van der Waals surface area contributed by atoms with Crippen molar-refractivity contribution in [1.82, 2.24) is 9.88 Å². The predicted molar refractivity (Wildman–Crippen MR) is 83.5 cm³/mol. The van der Waals surface area contributed by atoms with E-state index in [1.807, 2.05) is 26.8 Å². The largest absolute Gasteiger partial charge is 0.491 e. The van der Waals surface area contributed by atoms with Crippen molar-refractivity contribution in [3.8, 4) is 5.75 Å². The zero-order chi connectivity index (χ0) is 16.2. The number of rotatable bonds is 4. The summed E-state index contributed by atoms with van der Waals surface area (Å²) in [6, 6.07) is 1.86. The van der Waals surface area contributed by atoms with Gasteiger partial charge in [-0.2, -0.15) is 0 Å². The molecule has 1 aromatic rings. The number of nitrogens with two attached hydrogens (primary N) is 1. The second kappa shape index (κ2) is 6.96. The molecule has 1 amide bonds. The molecule has 1 saturated heterocycles. The second-order valence-corrected chi connectivity index (χ2v) is 6.58. The highest BCUT2D eigenvalue weighted by molar-refractivity contribution is 5.68. The third kappa shape index (κ3) is 4.59. The molecule has 0 aromatic carbocycles. The zero-order valence-corrected chi connectivity index (χ0v) is 13.5. The first-order valence-corrected chi connectivity index (χ1v) is 7.62. The summed E-state index contributed by atoms with van der Waals surface area (Å²) in [6.07, 6.45) is 4.05. The lowest BCUT2D eigenvalue weighted by atomic mass is 10.1. The van der Waals surface area contributed by atoms with Crippen LogP contribution in [0.3, 0.4) is 0 Å². The van der Waals surface area contributed by atoms with Crippen molar-refractivity contribution >= 4 is 6.09 Å². The van der Waals surface area contributed by atoms with Crippen LogP contribution in [-0.2, 0) is 11.3 Å². The van der Waals surface area contributed by atoms with E-state index in [0.717, 1.165) is 17.7 Å². The summed E-state index contributed by atoms with van der Waals surface area (Å²) in [5.74, 6) is 1.03. The number of carbonyl (C=O) groups is 1. The van der Waals surface area contributed by atoms with Crippen molar-refractivity contribution in [3.63, 3.8) is 0 Å². The maximum atomic E-state index is 12.0. The molecule has 0 aliphatic carbocycles. The Labute approximate surface area is 131 Å². The smallest absolute Gasteiger partial charge is 0.410 e. The van der Waals surface area contributed by atoms with Gasteiger partial charge in [0.05, 0.1) is 12.8 Å². The van der Waals surface area contributed by atoms with Crippen LogP contribution in [-0.4, -0.2) is 41.3 Å². The lowest BCUT2D eigenvalue weighted by Gasteiger charge is -2.24. The van der Waals surface area contributed by atoms with Gasteiger partial charge in [-0.05, 0) is 33.3 Å². The minimum atomic E-state index is -0.461. The number of nitrogens with zero attached hydrogens (tertiary/aromatic N) is 2. The number of carbonyl (C=O) groups excluding carboxylic acids is 1. The van der Waals surface area contributed by atoms with Crippen molar-refractivity contribution in [3.05, 3.63) is 24.0 Å². The molecule has 2 heterocycles. The number of hydrogen-bond donors (Lipinski definition) is 1. The van der Waals surface area contributed by atoms with E-state index in [9.17, 15) is 4.79 Å². The van der Waals surface area contributed by atoms with E-state index in [-0.39, 0.29) is 6.09 Å². The Bertz CT molecular complexity index is 514. The van der Waals surface area contributed by atoms with Gasteiger partial charge in [0.15, 0.2) is 0 Å². The predicted octanol–water partition coefficient (Wildman–Crippen LogP) is 2.18. The van der Waals surface area contributed by atoms with Crippen LogP contribution >= 0.6 is 0 Å². The van der Waals surface area contributed by atoms with Gasteiger partial charge in [-0.15, -0.1) is 0 Å². The van der Waals surface area contributed by atoms with E-state index in [0.29, 0.717) is 32.2 Å². The van der Waals surface area contributed by atoms with Crippen LogP contribution in [0.15, 0.2) is 18.5 Å². The van der Waals surface area contributed by atoms with Crippen LogP contribution < -0.4 is 10.5 Å². The first kappa shape index (κ1) is 16.5. The van der Waals surface area contributed by atoms with Gasteiger partial charge in [0.2, 0.25) is 0 Å². The SMILES string of the molecule is CC(C)(C)OC(=O)N1CC[C@@H](COc2cnccc2CN)C1. The molecule has 1 fully saturated rings. The molecule has 1 aliphatic heterocycles. The fraction of sp³-hybridized carbons (Fsp3) is 0.625. The maximum absolute atomic E-state index is 12.0. The number of likely N-dealkylation sites (tertiary alicyclic amines) is 1. The summed E-state index contributed by atoms with van der Waals surface area (Å²) in [4.78, 5) is 17.8. The van der Waals surface area contributed by atoms with Crippen LogP contribution in [0.25, 0.3) is 0 Å². The lowest BCUT2D eigenvalue weighted by molar-refractivity contribution is 0.0284. The van der Waals surface area contributed by atoms with Crippen LogP contribution in [0.5, 0.6) is 5.75 Å². The minimum Gasteiger partial charge on any atom is -0.491 e. The molecule has 0 saturated carbocycles.